The van der Waals surface area contributed by atoms with Gasteiger partial charge in [0.25, 0.3) is 5.91 Å². The summed E-state index contributed by atoms with van der Waals surface area (Å²) in [6.07, 6.45) is 0.682. The van der Waals surface area contributed by atoms with Gasteiger partial charge in [-0.25, -0.2) is 0 Å². The van der Waals surface area contributed by atoms with Gasteiger partial charge in [-0.3, -0.25) is 14.5 Å². The molecule has 1 heterocycles. The molecule has 0 radical (unpaired) electrons. The van der Waals surface area contributed by atoms with Gasteiger partial charge in [-0.2, -0.15) is 0 Å². The number of benzene rings is 3. The van der Waals surface area contributed by atoms with Gasteiger partial charge < -0.3 is 10.2 Å². The molecule has 0 bridgehead atoms. The van der Waals surface area contributed by atoms with Gasteiger partial charge in [0.05, 0.1) is 12.1 Å². The van der Waals surface area contributed by atoms with Crippen molar-refractivity contribution in [3.8, 4) is 0 Å². The Kier molecular flexibility index (Phi) is 6.83. The predicted molar refractivity (Wildman–Crippen MR) is 132 cm³/mol. The molecule has 0 aliphatic carbocycles. The zero-order chi connectivity index (χ0) is 22.5. The van der Waals surface area contributed by atoms with Crippen molar-refractivity contribution in [1.29, 1.82) is 0 Å². The zero-order valence-corrected chi connectivity index (χ0v) is 18.9. The quantitative estimate of drug-likeness (QED) is 0.505. The van der Waals surface area contributed by atoms with Gasteiger partial charge in [-0.05, 0) is 60.6 Å². The summed E-state index contributed by atoms with van der Waals surface area (Å²) < 4.78 is 0. The molecule has 32 heavy (non-hydrogen) atoms. The summed E-state index contributed by atoms with van der Waals surface area (Å²) >= 11 is 11.7. The number of hydrogen-bond acceptors (Lipinski definition) is 3. The third-order valence-electron chi connectivity index (χ3n) is 5.32. The smallest absolute Gasteiger partial charge is 0.256 e. The number of halogens is 1. The van der Waals surface area contributed by atoms with E-state index in [4.69, 9.17) is 23.8 Å². The van der Waals surface area contributed by atoms with Crippen LogP contribution in [0.1, 0.15) is 12.0 Å². The summed E-state index contributed by atoms with van der Waals surface area (Å²) in [5.41, 5.74) is 2.47. The Balaban J connectivity index is 1.54. The number of thiocarbonyl (C=S) groups is 1. The number of amides is 2. The molecule has 0 spiro atoms. The van der Waals surface area contributed by atoms with Crippen molar-refractivity contribution in [2.24, 2.45) is 0 Å². The molecule has 1 fully saturated rings. The van der Waals surface area contributed by atoms with Crippen molar-refractivity contribution >= 4 is 52.1 Å². The van der Waals surface area contributed by atoms with E-state index in [1.165, 1.54) is 4.90 Å². The van der Waals surface area contributed by atoms with E-state index in [2.05, 4.69) is 5.32 Å². The molecule has 5 nitrogen and oxygen atoms in total. The maximum Gasteiger partial charge on any atom is 0.256 e. The highest BCUT2D eigenvalue weighted by Crippen LogP contribution is 2.27. The van der Waals surface area contributed by atoms with Gasteiger partial charge >= 0.3 is 0 Å². The highest BCUT2D eigenvalue weighted by Gasteiger charge is 2.43. The van der Waals surface area contributed by atoms with Crippen molar-refractivity contribution in [2.45, 2.75) is 18.9 Å². The molecule has 3 aromatic carbocycles. The lowest BCUT2D eigenvalue weighted by atomic mass is 10.1. The van der Waals surface area contributed by atoms with Crippen LogP contribution in [0.25, 0.3) is 0 Å². The molecule has 1 aliphatic rings. The van der Waals surface area contributed by atoms with E-state index in [0.29, 0.717) is 34.5 Å². The van der Waals surface area contributed by atoms with Gasteiger partial charge in [-0.15, -0.1) is 0 Å². The van der Waals surface area contributed by atoms with Gasteiger partial charge in [0.15, 0.2) is 5.11 Å². The van der Waals surface area contributed by atoms with Crippen LogP contribution in [0.15, 0.2) is 84.9 Å². The Morgan fingerprint density at radius 3 is 2.22 bits per heavy atom. The minimum Gasteiger partial charge on any atom is -0.336 e. The summed E-state index contributed by atoms with van der Waals surface area (Å²) in [5, 5.41) is 3.95. The molecular weight excluding hydrogens is 442 g/mol. The monoisotopic (exact) mass is 463 g/mol. The van der Waals surface area contributed by atoms with Crippen molar-refractivity contribution in [3.63, 3.8) is 0 Å². The Bertz CT molecular complexity index is 1110. The second-order valence-electron chi connectivity index (χ2n) is 7.50. The SMILES string of the molecule is O=C(CC1C(=O)N(c2ccccc2)C(=S)N1CCc1ccc(Cl)cc1)Nc1ccccc1. The first-order valence-electron chi connectivity index (χ1n) is 10.3. The molecule has 2 amide bonds. The number of nitrogens with zero attached hydrogens (tertiary/aromatic N) is 2. The molecule has 0 aromatic heterocycles. The number of para-hydroxylation sites is 2. The molecule has 7 heteroatoms. The molecule has 4 rings (SSSR count). The largest absolute Gasteiger partial charge is 0.336 e. The highest BCUT2D eigenvalue weighted by atomic mass is 35.5. The first kappa shape index (κ1) is 22.0. The van der Waals surface area contributed by atoms with Crippen LogP contribution in [0, 0.1) is 0 Å². The number of carbonyl (C=O) groups excluding carboxylic acids is 2. The van der Waals surface area contributed by atoms with Crippen molar-refractivity contribution in [3.05, 3.63) is 95.5 Å². The van der Waals surface area contributed by atoms with Crippen molar-refractivity contribution < 1.29 is 9.59 Å². The fourth-order valence-electron chi connectivity index (χ4n) is 3.71. The van der Waals surface area contributed by atoms with Crippen LogP contribution in [0.2, 0.25) is 5.02 Å². The van der Waals surface area contributed by atoms with Gasteiger partial charge in [0.2, 0.25) is 5.91 Å². The third kappa shape index (κ3) is 4.98. The van der Waals surface area contributed by atoms with E-state index in [1.807, 2.05) is 89.8 Å². The number of carbonyl (C=O) groups is 2. The molecule has 1 atom stereocenters. The topological polar surface area (TPSA) is 52.7 Å². The van der Waals surface area contributed by atoms with Crippen LogP contribution in [0.3, 0.4) is 0 Å². The van der Waals surface area contributed by atoms with E-state index in [9.17, 15) is 9.59 Å². The van der Waals surface area contributed by atoms with Crippen LogP contribution in [0.4, 0.5) is 11.4 Å². The standard InChI is InChI=1S/C25H22ClN3O2S/c26-19-13-11-18(12-14-19)15-16-28-22(17-23(30)27-20-7-3-1-4-8-20)24(31)29(25(28)32)21-9-5-2-6-10-21/h1-14,22H,15-17H2,(H,27,30). The number of anilines is 2. The molecule has 0 saturated carbocycles. The van der Waals surface area contributed by atoms with E-state index in [-0.39, 0.29) is 18.2 Å². The van der Waals surface area contributed by atoms with Crippen LogP contribution in [0.5, 0.6) is 0 Å². The average molecular weight is 464 g/mol. The van der Waals surface area contributed by atoms with Crippen LogP contribution < -0.4 is 10.2 Å². The zero-order valence-electron chi connectivity index (χ0n) is 17.3. The lowest BCUT2D eigenvalue weighted by Gasteiger charge is -2.24. The summed E-state index contributed by atoms with van der Waals surface area (Å²) in [6.45, 7) is 0.513. The second-order valence-corrected chi connectivity index (χ2v) is 8.30. The average Bonchev–Trinajstić information content (AvgIpc) is 3.03. The van der Waals surface area contributed by atoms with E-state index in [0.717, 1.165) is 5.56 Å². The van der Waals surface area contributed by atoms with E-state index in [1.54, 1.807) is 0 Å². The number of hydrogen-bond donors (Lipinski definition) is 1. The second kappa shape index (κ2) is 9.94. The Hall–Kier alpha value is -3.22. The van der Waals surface area contributed by atoms with E-state index >= 15 is 0 Å². The minimum absolute atomic E-state index is 0.0117. The summed E-state index contributed by atoms with van der Waals surface area (Å²) in [4.78, 5) is 29.5. The van der Waals surface area contributed by atoms with Crippen LogP contribution in [-0.4, -0.2) is 34.4 Å². The lowest BCUT2D eigenvalue weighted by Crippen LogP contribution is -2.39. The Morgan fingerprint density at radius 2 is 1.56 bits per heavy atom. The van der Waals surface area contributed by atoms with Gasteiger partial charge in [0.1, 0.15) is 6.04 Å². The Morgan fingerprint density at radius 1 is 0.938 bits per heavy atom. The van der Waals surface area contributed by atoms with Crippen molar-refractivity contribution in [2.75, 3.05) is 16.8 Å². The van der Waals surface area contributed by atoms with E-state index < -0.39 is 6.04 Å². The minimum atomic E-state index is -0.668. The summed E-state index contributed by atoms with van der Waals surface area (Å²) in [5.74, 6) is -0.427. The molecule has 3 aromatic rings. The fraction of sp³-hybridized carbons (Fsp3) is 0.160. The fourth-order valence-corrected chi connectivity index (χ4v) is 4.25. The number of nitrogens with one attached hydrogen (secondary N) is 1. The normalized spacial score (nSPS) is 15.8. The maximum atomic E-state index is 13.4. The molecule has 1 aliphatic heterocycles. The van der Waals surface area contributed by atoms with Crippen molar-refractivity contribution in [1.82, 2.24) is 4.90 Å². The first-order valence-corrected chi connectivity index (χ1v) is 11.1. The first-order chi connectivity index (χ1) is 15.5. The third-order valence-corrected chi connectivity index (χ3v) is 5.99. The molecule has 1 saturated heterocycles. The molecule has 1 unspecified atom stereocenters. The number of rotatable bonds is 7. The van der Waals surface area contributed by atoms with Gasteiger partial charge in [0, 0.05) is 17.3 Å². The molecular formula is C25H22ClN3O2S. The van der Waals surface area contributed by atoms with Gasteiger partial charge in [-0.1, -0.05) is 60.1 Å². The molecule has 162 valence electrons. The maximum absolute atomic E-state index is 13.4. The molecule has 1 N–H and O–H groups in total. The highest BCUT2D eigenvalue weighted by molar-refractivity contribution is 7.80. The Labute approximate surface area is 197 Å². The van der Waals surface area contributed by atoms with Crippen LogP contribution in [-0.2, 0) is 16.0 Å². The lowest BCUT2D eigenvalue weighted by molar-refractivity contribution is -0.124. The summed E-state index contributed by atoms with van der Waals surface area (Å²) in [7, 11) is 0. The van der Waals surface area contributed by atoms with Crippen LogP contribution >= 0.6 is 23.8 Å². The summed E-state index contributed by atoms with van der Waals surface area (Å²) in [6, 6.07) is 25.4. The predicted octanol–water partition coefficient (Wildman–Crippen LogP) is 4.91.